The Bertz CT molecular complexity index is 2140. The van der Waals surface area contributed by atoms with Gasteiger partial charge in [-0.3, -0.25) is 15.0 Å². The van der Waals surface area contributed by atoms with E-state index in [4.69, 9.17) is 0 Å². The molecule has 3 heterocycles. The second-order valence-electron chi connectivity index (χ2n) is 8.81. The molecule has 0 unspecified atom stereocenters. The number of rotatable bonds is 3. The zero-order valence-corrected chi connectivity index (χ0v) is 26.4. The van der Waals surface area contributed by atoms with Crippen molar-refractivity contribution in [2.24, 2.45) is 0 Å². The summed E-state index contributed by atoms with van der Waals surface area (Å²) in [4.78, 5) is 10.3. The summed E-state index contributed by atoms with van der Waals surface area (Å²) >= 11 is 0. The summed E-state index contributed by atoms with van der Waals surface area (Å²) in [5.41, 5.74) is 0.318. The van der Waals surface area contributed by atoms with Crippen LogP contribution < -0.4 is 0 Å². The molecule has 3 aromatic heterocycles. The van der Waals surface area contributed by atoms with Gasteiger partial charge in [0, 0.05) is 34.7 Å². The summed E-state index contributed by atoms with van der Waals surface area (Å²) in [7, 11) is -13.6. The van der Waals surface area contributed by atoms with Crippen LogP contribution in [0, 0.1) is 0 Å². The van der Waals surface area contributed by atoms with E-state index in [0.29, 0.717) is 0 Å². The number of aromatic hydroxyl groups is 3. The maximum atomic E-state index is 10.9. The van der Waals surface area contributed by atoms with Crippen LogP contribution in [-0.2, 0) is 30.4 Å². The van der Waals surface area contributed by atoms with Crippen molar-refractivity contribution in [3.05, 3.63) is 91.4 Å². The molecule has 6 rings (SSSR count). The molecule has 0 aliphatic carbocycles. The van der Waals surface area contributed by atoms with Crippen LogP contribution >= 0.6 is 0 Å². The molecule has 19 heteroatoms. The minimum atomic E-state index is -4.55. The number of phenolic OH excluding ortho intramolecular Hbond substituents is 3. The number of phenols is 3. The summed E-state index contributed by atoms with van der Waals surface area (Å²) in [6, 6.07) is 15.4. The molecule has 0 fully saturated rings. The van der Waals surface area contributed by atoms with E-state index in [1.165, 1.54) is 55.0 Å². The number of aromatic nitrogens is 3. The molecule has 3 aromatic carbocycles. The van der Waals surface area contributed by atoms with Gasteiger partial charge in [0.05, 0.1) is 14.7 Å². The van der Waals surface area contributed by atoms with Gasteiger partial charge in [0.1, 0.15) is 64.2 Å². The average molecular weight is 700 g/mol. The van der Waals surface area contributed by atoms with E-state index in [2.05, 4.69) is 15.0 Å². The Morgan fingerprint density at radius 1 is 0.435 bits per heavy atom. The van der Waals surface area contributed by atoms with Crippen LogP contribution in [0.1, 0.15) is 0 Å². The SMILES string of the molecule is O=S(=O)([O-])c1ccc(O)c2ncccc12.O=S(=O)([O-])c1ccc(O)c2ncccc12.O=S(=O)([O-])c1ccc(O)c2ncccc12.[Al+3]. The van der Waals surface area contributed by atoms with Gasteiger partial charge in [-0.1, -0.05) is 0 Å². The Morgan fingerprint density at radius 2 is 0.674 bits per heavy atom. The van der Waals surface area contributed by atoms with Crippen molar-refractivity contribution in [3.63, 3.8) is 0 Å². The molecule has 0 saturated heterocycles. The van der Waals surface area contributed by atoms with Crippen LogP contribution in [0.15, 0.2) is 106 Å². The molecule has 234 valence electrons. The van der Waals surface area contributed by atoms with E-state index in [9.17, 15) is 54.2 Å². The molecular formula is C27H18AlN3O12S3. The number of benzene rings is 3. The molecule has 0 aliphatic heterocycles. The van der Waals surface area contributed by atoms with Crippen LogP contribution in [0.4, 0.5) is 0 Å². The van der Waals surface area contributed by atoms with Crippen molar-refractivity contribution in [2.45, 2.75) is 14.7 Å². The molecule has 0 bridgehead atoms. The second-order valence-corrected chi connectivity index (χ2v) is 12.9. The molecule has 0 spiro atoms. The molecule has 0 saturated carbocycles. The molecule has 0 aliphatic rings. The Kier molecular flexibility index (Phi) is 10.9. The minimum absolute atomic E-state index is 0. The molecule has 0 radical (unpaired) electrons. The van der Waals surface area contributed by atoms with Crippen LogP contribution in [0.3, 0.4) is 0 Å². The van der Waals surface area contributed by atoms with Gasteiger partial charge in [0.25, 0.3) is 0 Å². The smallest absolute Gasteiger partial charge is 0.744 e. The fraction of sp³-hybridized carbons (Fsp3) is 0. The summed E-state index contributed by atoms with van der Waals surface area (Å²) in [6.07, 6.45) is 4.22. The van der Waals surface area contributed by atoms with Crippen LogP contribution in [0.5, 0.6) is 17.2 Å². The van der Waals surface area contributed by atoms with E-state index >= 15 is 0 Å². The van der Waals surface area contributed by atoms with Crippen LogP contribution in [-0.4, -0.2) is 86.5 Å². The monoisotopic (exact) mass is 699 g/mol. The average Bonchev–Trinajstić information content (AvgIpc) is 2.97. The summed E-state index contributed by atoms with van der Waals surface area (Å²) in [5.74, 6) is -0.464. The predicted molar refractivity (Wildman–Crippen MR) is 160 cm³/mol. The molecule has 3 N–H and O–H groups in total. The van der Waals surface area contributed by atoms with Gasteiger partial charge in [0.15, 0.2) is 0 Å². The molecule has 6 aromatic rings. The fourth-order valence-corrected chi connectivity index (χ4v) is 6.06. The van der Waals surface area contributed by atoms with Gasteiger partial charge in [-0.2, -0.15) is 0 Å². The van der Waals surface area contributed by atoms with Gasteiger partial charge < -0.3 is 29.0 Å². The Balaban J connectivity index is 0.000000186. The van der Waals surface area contributed by atoms with Gasteiger partial charge in [-0.25, -0.2) is 25.3 Å². The third-order valence-corrected chi connectivity index (χ3v) is 8.62. The van der Waals surface area contributed by atoms with E-state index in [-0.39, 0.29) is 82.0 Å². The summed E-state index contributed by atoms with van der Waals surface area (Å²) in [6.45, 7) is 0. The number of fused-ring (bicyclic) bond motifs is 3. The standard InChI is InChI=1S/3C9H7NO4S.Al/c3*11-7-3-4-8(15(12,13)14)6-2-1-5-10-9(6)7;/h3*1-5,11H,(H,12,13,14);/q;;;+3/p-3. The third kappa shape index (κ3) is 8.03. The van der Waals surface area contributed by atoms with Crippen LogP contribution in [0.2, 0.25) is 0 Å². The molecule has 0 atom stereocenters. The second kappa shape index (κ2) is 13.9. The molecule has 46 heavy (non-hydrogen) atoms. The fourth-order valence-electron chi connectivity index (χ4n) is 4.05. The normalized spacial score (nSPS) is 11.5. The zero-order chi connectivity index (χ0) is 33.2. The number of nitrogens with zero attached hydrogens (tertiary/aromatic N) is 3. The maximum Gasteiger partial charge on any atom is 3.00 e. The van der Waals surface area contributed by atoms with Crippen molar-refractivity contribution in [3.8, 4) is 17.2 Å². The Hall–Kier alpha value is -4.45. The Morgan fingerprint density at radius 3 is 0.891 bits per heavy atom. The van der Waals surface area contributed by atoms with Gasteiger partial charge >= 0.3 is 17.4 Å². The molecule has 0 amide bonds. The largest absolute Gasteiger partial charge is 3.00 e. The van der Waals surface area contributed by atoms with Crippen molar-refractivity contribution in [2.75, 3.05) is 0 Å². The van der Waals surface area contributed by atoms with E-state index in [0.717, 1.165) is 36.4 Å². The molecular weight excluding hydrogens is 681 g/mol. The predicted octanol–water partition coefficient (Wildman–Crippen LogP) is 2.15. The summed E-state index contributed by atoms with van der Waals surface area (Å²) < 4.78 is 98.0. The van der Waals surface area contributed by atoms with E-state index in [1.807, 2.05) is 0 Å². The first-order valence-corrected chi connectivity index (χ1v) is 16.3. The first kappa shape index (κ1) is 36.0. The van der Waals surface area contributed by atoms with Gasteiger partial charge in [-0.15, -0.1) is 0 Å². The first-order chi connectivity index (χ1) is 21.0. The van der Waals surface area contributed by atoms with Crippen molar-refractivity contribution in [1.82, 2.24) is 15.0 Å². The number of hydrogen-bond donors (Lipinski definition) is 3. The minimum Gasteiger partial charge on any atom is -0.744 e. The van der Waals surface area contributed by atoms with Crippen molar-refractivity contribution >= 4 is 80.4 Å². The maximum absolute atomic E-state index is 10.9. The quantitative estimate of drug-likeness (QED) is 0.176. The molecule has 15 nitrogen and oxygen atoms in total. The van der Waals surface area contributed by atoms with Gasteiger partial charge in [-0.05, 0) is 72.8 Å². The van der Waals surface area contributed by atoms with Crippen LogP contribution in [0.25, 0.3) is 32.7 Å². The Labute approximate surface area is 271 Å². The number of hydrogen-bond acceptors (Lipinski definition) is 15. The first-order valence-electron chi connectivity index (χ1n) is 12.1. The zero-order valence-electron chi connectivity index (χ0n) is 22.8. The topological polar surface area (TPSA) is 271 Å². The summed E-state index contributed by atoms with van der Waals surface area (Å²) in [5, 5.41) is 28.6. The van der Waals surface area contributed by atoms with Gasteiger partial charge in [0.2, 0.25) is 0 Å². The van der Waals surface area contributed by atoms with Crippen molar-refractivity contribution in [1.29, 1.82) is 0 Å². The number of pyridine rings is 3. The third-order valence-electron chi connectivity index (χ3n) is 5.93. The van der Waals surface area contributed by atoms with E-state index in [1.54, 1.807) is 0 Å². The van der Waals surface area contributed by atoms with Crippen molar-refractivity contribution < 1.29 is 54.2 Å². The van der Waals surface area contributed by atoms with E-state index < -0.39 is 30.4 Å².